The summed E-state index contributed by atoms with van der Waals surface area (Å²) in [6.45, 7) is 8.35. The molecule has 1 aromatic carbocycles. The van der Waals surface area contributed by atoms with Crippen molar-refractivity contribution in [3.05, 3.63) is 36.4 Å². The van der Waals surface area contributed by atoms with E-state index in [1.807, 2.05) is 31.2 Å². The Hall–Kier alpha value is -1.81. The smallest absolute Gasteiger partial charge is 0.241 e. The molecule has 21 heavy (non-hydrogen) atoms. The maximum atomic E-state index is 12.2. The first kappa shape index (κ1) is 15.6. The van der Waals surface area contributed by atoms with E-state index in [0.29, 0.717) is 12.6 Å². The number of amides is 1. The molecule has 0 aliphatic carbocycles. The van der Waals surface area contributed by atoms with Crippen molar-refractivity contribution in [2.45, 2.75) is 45.2 Å². The molecule has 2 atom stereocenters. The van der Waals surface area contributed by atoms with Gasteiger partial charge in [-0.25, -0.2) is 0 Å². The second kappa shape index (κ2) is 7.27. The molecule has 1 fully saturated rings. The number of anilines is 1. The first-order chi connectivity index (χ1) is 10.0. The molecule has 0 spiro atoms. The number of ether oxygens (including phenoxy) is 1. The van der Waals surface area contributed by atoms with Crippen molar-refractivity contribution >= 4 is 11.6 Å². The number of rotatable bonds is 5. The van der Waals surface area contributed by atoms with Crippen LogP contribution in [-0.4, -0.2) is 24.6 Å². The van der Waals surface area contributed by atoms with Crippen LogP contribution in [0, 0.1) is 0 Å². The van der Waals surface area contributed by atoms with Crippen molar-refractivity contribution in [1.29, 1.82) is 0 Å². The summed E-state index contributed by atoms with van der Waals surface area (Å²) in [6.07, 6.45) is 3.13. The van der Waals surface area contributed by atoms with Crippen LogP contribution < -0.4 is 15.4 Å². The number of nitrogens with one attached hydrogen (secondary N) is 2. The van der Waals surface area contributed by atoms with E-state index < -0.39 is 0 Å². The Balaban J connectivity index is 1.87. The van der Waals surface area contributed by atoms with Crippen molar-refractivity contribution in [2.75, 3.05) is 11.9 Å². The number of carbonyl (C=O) groups is 1. The monoisotopic (exact) mass is 288 g/mol. The van der Waals surface area contributed by atoms with Gasteiger partial charge in [0.25, 0.3) is 0 Å². The van der Waals surface area contributed by atoms with Crippen LogP contribution in [0.5, 0.6) is 5.75 Å². The summed E-state index contributed by atoms with van der Waals surface area (Å²) in [6, 6.07) is 7.75. The molecule has 1 amide bonds. The largest absolute Gasteiger partial charge is 0.489 e. The Morgan fingerprint density at radius 3 is 2.71 bits per heavy atom. The fraction of sp³-hybridized carbons (Fsp3) is 0.471. The van der Waals surface area contributed by atoms with E-state index in [4.69, 9.17) is 4.74 Å². The molecule has 114 valence electrons. The normalized spacial score (nSPS) is 21.6. The molecule has 1 saturated heterocycles. The second-order valence-electron chi connectivity index (χ2n) is 5.81. The Morgan fingerprint density at radius 1 is 1.38 bits per heavy atom. The summed E-state index contributed by atoms with van der Waals surface area (Å²) in [5.41, 5.74) is 1.77. The number of benzene rings is 1. The molecule has 0 radical (unpaired) electrons. The predicted octanol–water partition coefficient (Wildman–Crippen LogP) is 3.11. The van der Waals surface area contributed by atoms with E-state index >= 15 is 0 Å². The zero-order valence-corrected chi connectivity index (χ0v) is 12.8. The van der Waals surface area contributed by atoms with Crippen molar-refractivity contribution in [3.63, 3.8) is 0 Å². The third-order valence-corrected chi connectivity index (χ3v) is 3.54. The van der Waals surface area contributed by atoms with Crippen LogP contribution in [0.2, 0.25) is 0 Å². The lowest BCUT2D eigenvalue weighted by Gasteiger charge is -2.27. The third-order valence-electron chi connectivity index (χ3n) is 3.54. The molecule has 1 aliphatic rings. The zero-order chi connectivity index (χ0) is 15.2. The van der Waals surface area contributed by atoms with Gasteiger partial charge < -0.3 is 15.4 Å². The molecule has 4 nitrogen and oxygen atoms in total. The lowest BCUT2D eigenvalue weighted by molar-refractivity contribution is -0.118. The Labute approximate surface area is 126 Å². The van der Waals surface area contributed by atoms with Crippen molar-refractivity contribution in [2.24, 2.45) is 0 Å². The van der Waals surface area contributed by atoms with Crippen LogP contribution in [0.4, 0.5) is 5.69 Å². The summed E-state index contributed by atoms with van der Waals surface area (Å²) >= 11 is 0. The number of hydrogen-bond donors (Lipinski definition) is 2. The van der Waals surface area contributed by atoms with E-state index in [-0.39, 0.29) is 11.9 Å². The average molecular weight is 288 g/mol. The van der Waals surface area contributed by atoms with E-state index in [1.54, 1.807) is 0 Å². The number of hydrogen-bond acceptors (Lipinski definition) is 3. The van der Waals surface area contributed by atoms with Gasteiger partial charge in [-0.15, -0.1) is 0 Å². The maximum absolute atomic E-state index is 12.2. The summed E-state index contributed by atoms with van der Waals surface area (Å²) in [5, 5.41) is 6.28. The first-order valence-corrected chi connectivity index (χ1v) is 7.49. The topological polar surface area (TPSA) is 50.4 Å². The van der Waals surface area contributed by atoms with Crippen LogP contribution in [0.15, 0.2) is 36.4 Å². The van der Waals surface area contributed by atoms with Gasteiger partial charge in [0.2, 0.25) is 5.91 Å². The Morgan fingerprint density at radius 2 is 2.10 bits per heavy atom. The quantitative estimate of drug-likeness (QED) is 0.819. The molecule has 0 aromatic heterocycles. The lowest BCUT2D eigenvalue weighted by Crippen LogP contribution is -2.47. The molecule has 1 aromatic rings. The molecule has 0 bridgehead atoms. The Kier molecular flexibility index (Phi) is 5.39. The molecule has 0 saturated carbocycles. The van der Waals surface area contributed by atoms with Crippen LogP contribution in [0.3, 0.4) is 0 Å². The zero-order valence-electron chi connectivity index (χ0n) is 12.8. The molecule has 2 N–H and O–H groups in total. The van der Waals surface area contributed by atoms with Crippen LogP contribution in [0.1, 0.15) is 33.1 Å². The highest BCUT2D eigenvalue weighted by atomic mass is 16.5. The fourth-order valence-corrected chi connectivity index (χ4v) is 2.42. The SMILES string of the molecule is C=C(C)COc1ccc(NC(=O)C2CCCC(C)N2)cc1. The second-order valence-corrected chi connectivity index (χ2v) is 5.81. The standard InChI is InChI=1S/C17H24N2O2/c1-12(2)11-21-15-9-7-14(8-10-15)19-17(20)16-6-4-5-13(3)18-16/h7-10,13,16,18H,1,4-6,11H2,2-3H3,(H,19,20). The van der Waals surface area contributed by atoms with Gasteiger partial charge in [-0.2, -0.15) is 0 Å². The molecular weight excluding hydrogens is 264 g/mol. The van der Waals surface area contributed by atoms with Crippen LogP contribution in [0.25, 0.3) is 0 Å². The van der Waals surface area contributed by atoms with E-state index in [2.05, 4.69) is 24.1 Å². The minimum absolute atomic E-state index is 0.0390. The third kappa shape index (κ3) is 4.90. The van der Waals surface area contributed by atoms with Gasteiger partial charge in [0.15, 0.2) is 0 Å². The van der Waals surface area contributed by atoms with Gasteiger partial charge in [-0.3, -0.25) is 4.79 Å². The summed E-state index contributed by atoms with van der Waals surface area (Å²) in [5.74, 6) is 0.817. The van der Waals surface area contributed by atoms with Crippen LogP contribution >= 0.6 is 0 Å². The number of carbonyl (C=O) groups excluding carboxylic acids is 1. The van der Waals surface area contributed by atoms with Crippen molar-refractivity contribution in [1.82, 2.24) is 5.32 Å². The van der Waals surface area contributed by atoms with Gasteiger partial charge in [0.05, 0.1) is 6.04 Å². The average Bonchev–Trinajstić information content (AvgIpc) is 2.46. The van der Waals surface area contributed by atoms with Crippen molar-refractivity contribution < 1.29 is 9.53 Å². The van der Waals surface area contributed by atoms with Gasteiger partial charge in [-0.1, -0.05) is 6.58 Å². The molecule has 1 heterocycles. The highest BCUT2D eigenvalue weighted by molar-refractivity contribution is 5.94. The fourth-order valence-electron chi connectivity index (χ4n) is 2.42. The van der Waals surface area contributed by atoms with Gasteiger partial charge >= 0.3 is 0 Å². The van der Waals surface area contributed by atoms with Crippen molar-refractivity contribution in [3.8, 4) is 5.75 Å². The maximum Gasteiger partial charge on any atom is 0.241 e. The highest BCUT2D eigenvalue weighted by Gasteiger charge is 2.23. The van der Waals surface area contributed by atoms with E-state index in [9.17, 15) is 4.79 Å². The minimum Gasteiger partial charge on any atom is -0.489 e. The van der Waals surface area contributed by atoms with Gasteiger partial charge in [0.1, 0.15) is 12.4 Å². The summed E-state index contributed by atoms with van der Waals surface area (Å²) in [7, 11) is 0. The summed E-state index contributed by atoms with van der Waals surface area (Å²) < 4.78 is 5.53. The summed E-state index contributed by atoms with van der Waals surface area (Å²) in [4.78, 5) is 12.2. The Bertz CT molecular complexity index is 496. The lowest BCUT2D eigenvalue weighted by atomic mass is 9.99. The highest BCUT2D eigenvalue weighted by Crippen LogP contribution is 2.18. The van der Waals surface area contributed by atoms with E-state index in [0.717, 1.165) is 36.3 Å². The van der Waals surface area contributed by atoms with Gasteiger partial charge in [-0.05, 0) is 62.9 Å². The van der Waals surface area contributed by atoms with E-state index in [1.165, 1.54) is 0 Å². The molecule has 1 aliphatic heterocycles. The molecule has 2 rings (SSSR count). The number of piperidine rings is 1. The minimum atomic E-state index is -0.0897. The van der Waals surface area contributed by atoms with Crippen LogP contribution in [-0.2, 0) is 4.79 Å². The molecule has 2 unspecified atom stereocenters. The molecular formula is C17H24N2O2. The predicted molar refractivity (Wildman–Crippen MR) is 85.6 cm³/mol. The molecule has 4 heteroatoms. The van der Waals surface area contributed by atoms with Gasteiger partial charge in [0, 0.05) is 11.7 Å². The first-order valence-electron chi connectivity index (χ1n) is 7.49.